The van der Waals surface area contributed by atoms with E-state index in [1.807, 2.05) is 60.7 Å². The highest BCUT2D eigenvalue weighted by Crippen LogP contribution is 2.49. The van der Waals surface area contributed by atoms with Crippen LogP contribution in [-0.2, 0) is 18.5 Å². The van der Waals surface area contributed by atoms with Crippen LogP contribution in [0, 0.1) is 0 Å². The maximum atomic E-state index is 13.9. The second-order valence-electron chi connectivity index (χ2n) is 10.0. The molecule has 6 rings (SSSR count). The summed E-state index contributed by atoms with van der Waals surface area (Å²) in [6.45, 7) is 0. The predicted molar refractivity (Wildman–Crippen MR) is 161 cm³/mol. The number of hydrogen-bond donors (Lipinski definition) is 0. The van der Waals surface area contributed by atoms with Gasteiger partial charge in [0, 0.05) is 0 Å². The molecule has 0 saturated carbocycles. The summed E-state index contributed by atoms with van der Waals surface area (Å²) in [4.78, 5) is 0. The molecule has 0 saturated heterocycles. The van der Waals surface area contributed by atoms with Gasteiger partial charge in [0.25, 0.3) is 0 Å². The van der Waals surface area contributed by atoms with E-state index < -0.39 is 23.5 Å². The number of hydrogen-bond acceptors (Lipinski definition) is 0. The Morgan fingerprint density at radius 1 is 0.476 bits per heavy atom. The van der Waals surface area contributed by atoms with E-state index in [1.165, 1.54) is 12.1 Å². The van der Waals surface area contributed by atoms with Crippen molar-refractivity contribution < 1.29 is 26.3 Å². The normalized spacial score (nSPS) is 12.3. The Balaban J connectivity index is 1.82. The summed E-state index contributed by atoms with van der Waals surface area (Å²) in [5, 5.41) is 3.41. The van der Waals surface area contributed by atoms with Crippen molar-refractivity contribution in [2.45, 2.75) is 18.5 Å². The van der Waals surface area contributed by atoms with Crippen LogP contribution in [0.1, 0.15) is 16.7 Å². The van der Waals surface area contributed by atoms with Gasteiger partial charge in [0.2, 0.25) is 0 Å². The molecule has 0 amide bonds. The summed E-state index contributed by atoms with van der Waals surface area (Å²) in [5.74, 6) is 0. The van der Waals surface area contributed by atoms with E-state index >= 15 is 0 Å². The zero-order chi connectivity index (χ0) is 29.6. The van der Waals surface area contributed by atoms with Crippen LogP contribution in [0.5, 0.6) is 0 Å². The van der Waals surface area contributed by atoms with Gasteiger partial charge in [-0.3, -0.25) is 0 Å². The number of fused-ring (bicyclic) bond motifs is 2. The largest absolute Gasteiger partial charge is 0.416 e. The van der Waals surface area contributed by atoms with E-state index in [-0.39, 0.29) is 11.1 Å². The Bertz CT molecular complexity index is 1950. The lowest BCUT2D eigenvalue weighted by Crippen LogP contribution is -2.06. The zero-order valence-corrected chi connectivity index (χ0v) is 23.2. The van der Waals surface area contributed by atoms with Crippen molar-refractivity contribution in [3.05, 3.63) is 132 Å². The smallest absolute Gasteiger partial charge is 0.166 e. The first-order chi connectivity index (χ1) is 20.1. The molecule has 42 heavy (non-hydrogen) atoms. The Morgan fingerprint density at radius 2 is 0.952 bits per heavy atom. The molecular formula is C35H23F6P. The summed E-state index contributed by atoms with van der Waals surface area (Å²) < 4.78 is 83.3. The molecule has 0 aliphatic rings. The second kappa shape index (κ2) is 10.6. The van der Waals surface area contributed by atoms with Crippen LogP contribution in [-0.4, -0.2) is 0 Å². The highest BCUT2D eigenvalue weighted by Gasteiger charge is 2.33. The topological polar surface area (TPSA) is 0 Å². The minimum atomic E-state index is -4.59. The Labute approximate surface area is 240 Å². The van der Waals surface area contributed by atoms with E-state index in [2.05, 4.69) is 9.24 Å². The molecule has 0 radical (unpaired) electrons. The van der Waals surface area contributed by atoms with Gasteiger partial charge in [-0.2, -0.15) is 26.3 Å². The van der Waals surface area contributed by atoms with Gasteiger partial charge in [-0.25, -0.2) is 0 Å². The third-order valence-corrected chi connectivity index (χ3v) is 7.95. The van der Waals surface area contributed by atoms with E-state index in [9.17, 15) is 26.3 Å². The van der Waals surface area contributed by atoms with E-state index in [1.54, 1.807) is 18.2 Å². The average Bonchev–Trinajstić information content (AvgIpc) is 2.99. The van der Waals surface area contributed by atoms with Gasteiger partial charge in [-0.05, 0) is 90.9 Å². The van der Waals surface area contributed by atoms with Gasteiger partial charge in [0.15, 0.2) is 0 Å². The van der Waals surface area contributed by atoms with Crippen molar-refractivity contribution in [2.24, 2.45) is 0 Å². The lowest BCUT2D eigenvalue weighted by atomic mass is 9.80. The number of alkyl halides is 6. The fourth-order valence-corrected chi connectivity index (χ4v) is 6.18. The van der Waals surface area contributed by atoms with Crippen LogP contribution in [0.4, 0.5) is 26.3 Å². The molecule has 0 N–H and O–H groups in total. The first-order valence-electron chi connectivity index (χ1n) is 13.2. The minimum absolute atomic E-state index is 0.276. The fourth-order valence-electron chi connectivity index (χ4n) is 5.77. The molecule has 1 atom stereocenters. The SMILES string of the molecule is FC(F)(F)c1cccc(-c2c(CP)c(-c3cccc4ccccc34)c3ccccc3c2-c2cccc(C(F)(F)F)c2)c1. The third-order valence-electron chi connectivity index (χ3n) is 7.54. The lowest BCUT2D eigenvalue weighted by molar-refractivity contribution is -0.138. The molecule has 6 aromatic rings. The van der Waals surface area contributed by atoms with Gasteiger partial charge in [0.1, 0.15) is 0 Å². The summed E-state index contributed by atoms with van der Waals surface area (Å²) in [6, 6.07) is 31.2. The minimum Gasteiger partial charge on any atom is -0.166 e. The average molecular weight is 589 g/mol. The summed E-state index contributed by atoms with van der Waals surface area (Å²) >= 11 is 0. The number of halogens is 6. The first kappa shape index (κ1) is 28.0. The van der Waals surface area contributed by atoms with Gasteiger partial charge >= 0.3 is 12.4 Å². The lowest BCUT2D eigenvalue weighted by Gasteiger charge is -2.24. The molecule has 0 nitrogen and oxygen atoms in total. The highest BCUT2D eigenvalue weighted by molar-refractivity contribution is 7.15. The Morgan fingerprint density at radius 3 is 1.52 bits per heavy atom. The van der Waals surface area contributed by atoms with E-state index in [4.69, 9.17) is 0 Å². The van der Waals surface area contributed by atoms with Crippen molar-refractivity contribution in [1.82, 2.24) is 0 Å². The predicted octanol–water partition coefficient (Wildman–Crippen LogP) is 11.4. The van der Waals surface area contributed by atoms with Crippen LogP contribution in [0.15, 0.2) is 115 Å². The molecule has 6 aromatic carbocycles. The molecule has 210 valence electrons. The van der Waals surface area contributed by atoms with Crippen LogP contribution >= 0.6 is 9.24 Å². The van der Waals surface area contributed by atoms with Crippen molar-refractivity contribution >= 4 is 30.8 Å². The van der Waals surface area contributed by atoms with Gasteiger partial charge in [-0.1, -0.05) is 91.0 Å². The van der Waals surface area contributed by atoms with Crippen LogP contribution in [0.3, 0.4) is 0 Å². The summed E-state index contributed by atoms with van der Waals surface area (Å²) in [5.41, 5.74) is 2.27. The molecule has 0 fully saturated rings. The molecule has 0 aliphatic carbocycles. The number of benzene rings is 6. The third kappa shape index (κ3) is 4.94. The first-order valence-corrected chi connectivity index (χ1v) is 14.0. The van der Waals surface area contributed by atoms with Gasteiger partial charge in [0.05, 0.1) is 11.1 Å². The summed E-state index contributed by atoms with van der Waals surface area (Å²) in [6.07, 6.45) is -8.84. The molecule has 0 bridgehead atoms. The fraction of sp³-hybridized carbons (Fsp3) is 0.0857. The van der Waals surface area contributed by atoms with Crippen LogP contribution in [0.2, 0.25) is 0 Å². The van der Waals surface area contributed by atoms with Crippen LogP contribution < -0.4 is 0 Å². The van der Waals surface area contributed by atoms with Crippen molar-refractivity contribution in [3.8, 4) is 33.4 Å². The summed E-state index contributed by atoms with van der Waals surface area (Å²) in [7, 11) is 2.67. The standard InChI is InChI=1S/C35H23F6P/c36-34(37,38)24-12-5-10-22(18-24)31-28-15-3-4-16-29(28)33(27-17-7-9-21-8-1-2-14-26(21)27)30(20-42)32(31)23-11-6-13-25(19-23)35(39,40)41/h1-19H,20,42H2. The molecule has 0 heterocycles. The Kier molecular flexibility index (Phi) is 7.06. The molecular weight excluding hydrogens is 565 g/mol. The van der Waals surface area contributed by atoms with Gasteiger partial charge in [-0.15, -0.1) is 9.24 Å². The maximum Gasteiger partial charge on any atom is 0.416 e. The molecule has 0 aromatic heterocycles. The zero-order valence-electron chi connectivity index (χ0n) is 22.0. The van der Waals surface area contributed by atoms with Crippen LogP contribution in [0.25, 0.3) is 54.9 Å². The molecule has 0 spiro atoms. The monoisotopic (exact) mass is 588 g/mol. The van der Waals surface area contributed by atoms with Crippen molar-refractivity contribution in [1.29, 1.82) is 0 Å². The number of rotatable bonds is 4. The maximum absolute atomic E-state index is 13.9. The van der Waals surface area contributed by atoms with Crippen molar-refractivity contribution in [3.63, 3.8) is 0 Å². The quantitative estimate of drug-likeness (QED) is 0.142. The molecule has 0 aliphatic heterocycles. The molecule has 7 heteroatoms. The highest BCUT2D eigenvalue weighted by atomic mass is 31.0. The second-order valence-corrected chi connectivity index (χ2v) is 10.4. The Hall–Kier alpha value is -4.15. The van der Waals surface area contributed by atoms with Crippen molar-refractivity contribution in [2.75, 3.05) is 0 Å². The van der Waals surface area contributed by atoms with E-state index in [0.29, 0.717) is 22.7 Å². The molecule has 1 unspecified atom stereocenters. The van der Waals surface area contributed by atoms with E-state index in [0.717, 1.165) is 57.1 Å². The van der Waals surface area contributed by atoms with Gasteiger partial charge < -0.3 is 0 Å².